The van der Waals surface area contributed by atoms with Crippen LogP contribution in [0.5, 0.6) is 5.75 Å². The molecule has 1 amide bonds. The molecule has 0 aliphatic carbocycles. The van der Waals surface area contributed by atoms with Crippen molar-refractivity contribution in [1.29, 1.82) is 0 Å². The summed E-state index contributed by atoms with van der Waals surface area (Å²) in [6, 6.07) is 11.0. The lowest BCUT2D eigenvalue weighted by Gasteiger charge is -2.01. The molecule has 3 aromatic rings. The number of carbonyl (C=O) groups excluding carboxylic acids is 1. The highest BCUT2D eigenvalue weighted by molar-refractivity contribution is 7.13. The van der Waals surface area contributed by atoms with Crippen molar-refractivity contribution in [3.8, 4) is 16.3 Å². The second-order valence-corrected chi connectivity index (χ2v) is 5.39. The van der Waals surface area contributed by atoms with Crippen molar-refractivity contribution in [3.05, 3.63) is 59.5 Å². The van der Waals surface area contributed by atoms with Crippen LogP contribution in [0, 0.1) is 0 Å². The maximum atomic E-state index is 11.8. The van der Waals surface area contributed by atoms with Crippen molar-refractivity contribution in [1.82, 2.24) is 10.3 Å². The Labute approximate surface area is 131 Å². The molecule has 1 aromatic carbocycles. The first kappa shape index (κ1) is 14.3. The number of furan rings is 1. The second-order valence-electron chi connectivity index (χ2n) is 4.53. The van der Waals surface area contributed by atoms with E-state index in [9.17, 15) is 4.79 Å². The zero-order valence-electron chi connectivity index (χ0n) is 11.9. The van der Waals surface area contributed by atoms with Gasteiger partial charge in [-0.1, -0.05) is 0 Å². The summed E-state index contributed by atoms with van der Waals surface area (Å²) in [7, 11) is 1.64. The predicted molar refractivity (Wildman–Crippen MR) is 84.0 cm³/mol. The fraction of sp³-hybridized carbons (Fsp3) is 0.125. The number of benzene rings is 1. The number of rotatable bonds is 5. The van der Waals surface area contributed by atoms with Gasteiger partial charge in [0.05, 0.1) is 25.6 Å². The summed E-state index contributed by atoms with van der Waals surface area (Å²) in [5, 5.41) is 5.62. The van der Waals surface area contributed by atoms with Gasteiger partial charge >= 0.3 is 0 Å². The van der Waals surface area contributed by atoms with Crippen LogP contribution in [0.4, 0.5) is 0 Å². The Morgan fingerprint density at radius 2 is 2.14 bits per heavy atom. The molecule has 0 saturated heterocycles. The van der Waals surface area contributed by atoms with Crippen molar-refractivity contribution in [2.24, 2.45) is 0 Å². The molecular formula is C16H14N2O3S. The number of thiazole rings is 1. The molecule has 3 rings (SSSR count). The minimum atomic E-state index is -0.246. The standard InChI is InChI=1S/C16H14N2O3S/c1-20-13-6-4-11(5-7-13)16-18-12(10-22-16)9-17-15(19)14-3-2-8-21-14/h2-8,10H,9H2,1H3,(H,17,19). The number of ether oxygens (including phenoxy) is 1. The Morgan fingerprint density at radius 3 is 2.82 bits per heavy atom. The third-order valence-corrected chi connectivity index (χ3v) is 4.00. The Hall–Kier alpha value is -2.60. The van der Waals surface area contributed by atoms with Crippen LogP contribution in [0.1, 0.15) is 16.2 Å². The lowest BCUT2D eigenvalue weighted by atomic mass is 10.2. The zero-order valence-corrected chi connectivity index (χ0v) is 12.7. The molecule has 1 N–H and O–H groups in total. The van der Waals surface area contributed by atoms with Crippen molar-refractivity contribution >= 4 is 17.2 Å². The lowest BCUT2D eigenvalue weighted by Crippen LogP contribution is -2.22. The quantitative estimate of drug-likeness (QED) is 0.784. The third kappa shape index (κ3) is 3.17. The van der Waals surface area contributed by atoms with E-state index in [0.717, 1.165) is 22.0 Å². The largest absolute Gasteiger partial charge is 0.497 e. The molecule has 6 heteroatoms. The van der Waals surface area contributed by atoms with Gasteiger partial charge in [-0.15, -0.1) is 11.3 Å². The minimum absolute atomic E-state index is 0.246. The van der Waals surface area contributed by atoms with Crippen LogP contribution < -0.4 is 10.1 Å². The van der Waals surface area contributed by atoms with Gasteiger partial charge in [0.15, 0.2) is 5.76 Å². The molecule has 22 heavy (non-hydrogen) atoms. The van der Waals surface area contributed by atoms with Crippen LogP contribution in [0.3, 0.4) is 0 Å². The topological polar surface area (TPSA) is 64.4 Å². The third-order valence-electron chi connectivity index (χ3n) is 3.06. The molecule has 0 aliphatic heterocycles. The van der Waals surface area contributed by atoms with Crippen molar-refractivity contribution < 1.29 is 13.9 Å². The molecule has 2 aromatic heterocycles. The van der Waals surface area contributed by atoms with Crippen LogP contribution in [0.2, 0.25) is 0 Å². The molecule has 5 nitrogen and oxygen atoms in total. The van der Waals surface area contributed by atoms with Crippen LogP contribution >= 0.6 is 11.3 Å². The molecule has 0 fully saturated rings. The smallest absolute Gasteiger partial charge is 0.287 e. The summed E-state index contributed by atoms with van der Waals surface area (Å²) < 4.78 is 10.2. The van der Waals surface area contributed by atoms with Gasteiger partial charge in [-0.3, -0.25) is 4.79 Å². The maximum absolute atomic E-state index is 11.8. The zero-order chi connectivity index (χ0) is 15.4. The average molecular weight is 314 g/mol. The first-order chi connectivity index (χ1) is 10.8. The Kier molecular flexibility index (Phi) is 4.20. The normalized spacial score (nSPS) is 10.4. The summed E-state index contributed by atoms with van der Waals surface area (Å²) in [6.45, 7) is 0.367. The molecule has 0 radical (unpaired) electrons. The molecule has 112 valence electrons. The van der Waals surface area contributed by atoms with E-state index in [-0.39, 0.29) is 5.91 Å². The number of methoxy groups -OCH3 is 1. The average Bonchev–Trinajstić information content (AvgIpc) is 3.24. The lowest BCUT2D eigenvalue weighted by molar-refractivity contribution is 0.0922. The summed E-state index contributed by atoms with van der Waals surface area (Å²) in [4.78, 5) is 16.3. The molecule has 0 aliphatic rings. The van der Waals surface area contributed by atoms with E-state index < -0.39 is 0 Å². The van der Waals surface area contributed by atoms with E-state index in [1.165, 1.54) is 17.6 Å². The van der Waals surface area contributed by atoms with Gasteiger partial charge in [0, 0.05) is 10.9 Å². The van der Waals surface area contributed by atoms with E-state index in [1.54, 1.807) is 19.2 Å². The first-order valence-electron chi connectivity index (χ1n) is 6.67. The van der Waals surface area contributed by atoms with E-state index in [2.05, 4.69) is 10.3 Å². The van der Waals surface area contributed by atoms with Crippen LogP contribution in [-0.2, 0) is 6.54 Å². The van der Waals surface area contributed by atoms with Gasteiger partial charge in [-0.2, -0.15) is 0 Å². The van der Waals surface area contributed by atoms with Gasteiger partial charge in [0.2, 0.25) is 0 Å². The van der Waals surface area contributed by atoms with Crippen LogP contribution in [-0.4, -0.2) is 18.0 Å². The first-order valence-corrected chi connectivity index (χ1v) is 7.55. The molecule has 0 spiro atoms. The fourth-order valence-corrected chi connectivity index (χ4v) is 2.75. The highest BCUT2D eigenvalue weighted by atomic mass is 32.1. The fourth-order valence-electron chi connectivity index (χ4n) is 1.92. The number of carbonyl (C=O) groups is 1. The SMILES string of the molecule is COc1ccc(-c2nc(CNC(=O)c3ccco3)cs2)cc1. The minimum Gasteiger partial charge on any atom is -0.497 e. The Balaban J connectivity index is 1.64. The van der Waals surface area contributed by atoms with E-state index in [1.807, 2.05) is 29.6 Å². The van der Waals surface area contributed by atoms with Crippen LogP contribution in [0.25, 0.3) is 10.6 Å². The van der Waals surface area contributed by atoms with Crippen molar-refractivity contribution in [2.75, 3.05) is 7.11 Å². The molecular weight excluding hydrogens is 300 g/mol. The van der Waals surface area contributed by atoms with Gasteiger partial charge in [0.25, 0.3) is 5.91 Å². The number of nitrogens with zero attached hydrogens (tertiary/aromatic N) is 1. The van der Waals surface area contributed by atoms with Gasteiger partial charge < -0.3 is 14.5 Å². The van der Waals surface area contributed by atoms with Crippen molar-refractivity contribution in [2.45, 2.75) is 6.54 Å². The highest BCUT2D eigenvalue weighted by Gasteiger charge is 2.10. The monoisotopic (exact) mass is 314 g/mol. The van der Waals surface area contributed by atoms with E-state index >= 15 is 0 Å². The second kappa shape index (κ2) is 6.44. The molecule has 2 heterocycles. The van der Waals surface area contributed by atoms with E-state index in [4.69, 9.17) is 9.15 Å². The van der Waals surface area contributed by atoms with Gasteiger partial charge in [-0.05, 0) is 36.4 Å². The Bertz CT molecular complexity index is 748. The Morgan fingerprint density at radius 1 is 1.32 bits per heavy atom. The van der Waals surface area contributed by atoms with Crippen LogP contribution in [0.15, 0.2) is 52.5 Å². The highest BCUT2D eigenvalue weighted by Crippen LogP contribution is 2.25. The summed E-state index contributed by atoms with van der Waals surface area (Å²) in [5.41, 5.74) is 1.84. The number of hydrogen-bond acceptors (Lipinski definition) is 5. The van der Waals surface area contributed by atoms with Gasteiger partial charge in [-0.25, -0.2) is 4.98 Å². The number of amides is 1. The molecule has 0 bridgehead atoms. The summed E-state index contributed by atoms with van der Waals surface area (Å²) in [6.07, 6.45) is 1.47. The summed E-state index contributed by atoms with van der Waals surface area (Å²) in [5.74, 6) is 0.862. The van der Waals surface area contributed by atoms with Gasteiger partial charge in [0.1, 0.15) is 10.8 Å². The molecule has 0 saturated carbocycles. The number of hydrogen-bond donors (Lipinski definition) is 1. The molecule has 0 atom stereocenters. The maximum Gasteiger partial charge on any atom is 0.287 e. The summed E-state index contributed by atoms with van der Waals surface area (Å²) >= 11 is 1.54. The van der Waals surface area contributed by atoms with Crippen molar-refractivity contribution in [3.63, 3.8) is 0 Å². The predicted octanol–water partition coefficient (Wildman–Crippen LogP) is 3.34. The molecule has 0 unspecified atom stereocenters. The number of nitrogens with one attached hydrogen (secondary N) is 1. The van der Waals surface area contributed by atoms with E-state index in [0.29, 0.717) is 12.3 Å². The number of aromatic nitrogens is 1.